The Kier molecular flexibility index (Phi) is 5.01. The molecule has 2 N–H and O–H groups in total. The zero-order chi connectivity index (χ0) is 17.1. The summed E-state index contributed by atoms with van der Waals surface area (Å²) in [5.41, 5.74) is -3.14. The lowest BCUT2D eigenvalue weighted by Gasteiger charge is -2.30. The average molecular weight is 313 g/mol. The molecule has 1 unspecified atom stereocenters. The number of carboxylic acid groups (broad SMARTS) is 1. The van der Waals surface area contributed by atoms with Crippen molar-refractivity contribution in [3.63, 3.8) is 0 Å². The third-order valence-electron chi connectivity index (χ3n) is 2.87. The summed E-state index contributed by atoms with van der Waals surface area (Å²) in [5.74, 6) is -2.23. The largest absolute Gasteiger partial charge is 0.496 e. The summed E-state index contributed by atoms with van der Waals surface area (Å²) in [6.07, 6.45) is -0.970. The molecule has 7 heteroatoms. The predicted molar refractivity (Wildman–Crippen MR) is 77.3 cm³/mol. The first-order valence-corrected chi connectivity index (χ1v) is 6.59. The van der Waals surface area contributed by atoms with Crippen molar-refractivity contribution in [1.29, 1.82) is 0 Å². The van der Waals surface area contributed by atoms with Crippen LogP contribution in [0.5, 0.6) is 5.75 Å². The van der Waals surface area contributed by atoms with Gasteiger partial charge in [-0.15, -0.1) is 0 Å². The fourth-order valence-electron chi connectivity index (χ4n) is 1.89. The SMILES string of the molecule is COc1cccc(F)c1C(C)(NC(=O)OC(C)(C)C)C(=O)O. The topological polar surface area (TPSA) is 84.9 Å². The van der Waals surface area contributed by atoms with Crippen LogP contribution in [0.15, 0.2) is 18.2 Å². The molecule has 1 aromatic carbocycles. The highest BCUT2D eigenvalue weighted by atomic mass is 19.1. The number of carbonyl (C=O) groups excluding carboxylic acids is 1. The normalized spacial score (nSPS) is 13.9. The Balaban J connectivity index is 3.29. The summed E-state index contributed by atoms with van der Waals surface area (Å²) in [6, 6.07) is 3.89. The highest BCUT2D eigenvalue weighted by Gasteiger charge is 2.42. The molecule has 0 aromatic heterocycles. The lowest BCUT2D eigenvalue weighted by molar-refractivity contribution is -0.144. The van der Waals surface area contributed by atoms with Crippen LogP contribution in [-0.2, 0) is 15.1 Å². The van der Waals surface area contributed by atoms with Crippen molar-refractivity contribution < 1.29 is 28.6 Å². The Labute approximate surface area is 128 Å². The van der Waals surface area contributed by atoms with E-state index in [-0.39, 0.29) is 11.3 Å². The highest BCUT2D eigenvalue weighted by Crippen LogP contribution is 2.33. The third-order valence-corrected chi connectivity index (χ3v) is 2.87. The fraction of sp³-hybridized carbons (Fsp3) is 0.467. The molecular weight excluding hydrogens is 293 g/mol. The number of carboxylic acids is 1. The van der Waals surface area contributed by atoms with Gasteiger partial charge in [0.05, 0.1) is 12.7 Å². The summed E-state index contributed by atoms with van der Waals surface area (Å²) in [6.45, 7) is 6.07. The third kappa shape index (κ3) is 3.87. The van der Waals surface area contributed by atoms with Crippen molar-refractivity contribution >= 4 is 12.1 Å². The Morgan fingerprint density at radius 3 is 2.27 bits per heavy atom. The fourth-order valence-corrected chi connectivity index (χ4v) is 1.89. The number of nitrogens with one attached hydrogen (secondary N) is 1. The molecule has 0 fully saturated rings. The second kappa shape index (κ2) is 6.21. The minimum atomic E-state index is -2.04. The van der Waals surface area contributed by atoms with Gasteiger partial charge < -0.3 is 19.9 Å². The summed E-state index contributed by atoms with van der Waals surface area (Å²) in [7, 11) is 1.29. The van der Waals surface area contributed by atoms with Gasteiger partial charge in [-0.2, -0.15) is 0 Å². The zero-order valence-electron chi connectivity index (χ0n) is 13.2. The molecule has 1 aromatic rings. The summed E-state index contributed by atoms with van der Waals surface area (Å²) in [5, 5.41) is 11.7. The smallest absolute Gasteiger partial charge is 0.408 e. The predicted octanol–water partition coefficient (Wildman–Crippen LogP) is 2.66. The number of hydrogen-bond donors (Lipinski definition) is 2. The van der Waals surface area contributed by atoms with Crippen LogP contribution in [0.2, 0.25) is 0 Å². The van der Waals surface area contributed by atoms with Crippen LogP contribution < -0.4 is 10.1 Å². The number of hydrogen-bond acceptors (Lipinski definition) is 4. The van der Waals surface area contributed by atoms with Crippen LogP contribution in [0.4, 0.5) is 9.18 Å². The van der Waals surface area contributed by atoms with Crippen LogP contribution >= 0.6 is 0 Å². The minimum Gasteiger partial charge on any atom is -0.496 e. The van der Waals surface area contributed by atoms with Crippen molar-refractivity contribution in [2.75, 3.05) is 7.11 Å². The van der Waals surface area contributed by atoms with E-state index in [2.05, 4.69) is 5.32 Å². The number of halogens is 1. The number of rotatable bonds is 4. The molecule has 0 spiro atoms. The molecule has 0 heterocycles. The lowest BCUT2D eigenvalue weighted by atomic mass is 9.90. The van der Waals surface area contributed by atoms with Crippen LogP contribution in [0, 0.1) is 5.82 Å². The van der Waals surface area contributed by atoms with E-state index in [1.165, 1.54) is 26.2 Å². The van der Waals surface area contributed by atoms with Gasteiger partial charge in [-0.05, 0) is 39.8 Å². The van der Waals surface area contributed by atoms with E-state index in [1.807, 2.05) is 0 Å². The second-order valence-corrected chi connectivity index (χ2v) is 5.87. The van der Waals surface area contributed by atoms with Crippen molar-refractivity contribution in [3.05, 3.63) is 29.6 Å². The van der Waals surface area contributed by atoms with E-state index in [4.69, 9.17) is 9.47 Å². The molecule has 0 saturated carbocycles. The molecule has 1 amide bonds. The second-order valence-electron chi connectivity index (χ2n) is 5.87. The maximum absolute atomic E-state index is 14.1. The molecule has 0 saturated heterocycles. The number of amides is 1. The average Bonchev–Trinajstić information content (AvgIpc) is 2.35. The van der Waals surface area contributed by atoms with Crippen LogP contribution in [-0.4, -0.2) is 29.9 Å². The van der Waals surface area contributed by atoms with Crippen molar-refractivity contribution in [1.82, 2.24) is 5.32 Å². The van der Waals surface area contributed by atoms with Crippen LogP contribution in [0.3, 0.4) is 0 Å². The van der Waals surface area contributed by atoms with Crippen molar-refractivity contribution in [3.8, 4) is 5.75 Å². The van der Waals surface area contributed by atoms with Gasteiger partial charge in [-0.3, -0.25) is 0 Å². The zero-order valence-corrected chi connectivity index (χ0v) is 13.2. The van der Waals surface area contributed by atoms with Gasteiger partial charge in [0.2, 0.25) is 0 Å². The monoisotopic (exact) mass is 313 g/mol. The van der Waals surface area contributed by atoms with Gasteiger partial charge in [0.15, 0.2) is 5.54 Å². The Hall–Kier alpha value is -2.31. The number of alkyl carbamates (subject to hydrolysis) is 1. The minimum absolute atomic E-state index is 0.0148. The van der Waals surface area contributed by atoms with Gasteiger partial charge in [0.25, 0.3) is 0 Å². The first kappa shape index (κ1) is 17.7. The molecule has 6 nitrogen and oxygen atoms in total. The van der Waals surface area contributed by atoms with Gasteiger partial charge in [0.1, 0.15) is 17.2 Å². The van der Waals surface area contributed by atoms with E-state index in [9.17, 15) is 19.1 Å². The van der Waals surface area contributed by atoms with E-state index in [1.54, 1.807) is 20.8 Å². The molecule has 0 aliphatic heterocycles. The van der Waals surface area contributed by atoms with E-state index in [0.29, 0.717) is 0 Å². The van der Waals surface area contributed by atoms with Gasteiger partial charge in [-0.25, -0.2) is 14.0 Å². The standard InChI is InChI=1S/C15H20FNO5/c1-14(2,3)22-13(20)17-15(4,12(18)19)11-9(16)7-6-8-10(11)21-5/h6-8H,1-5H3,(H,17,20)(H,18,19). The molecule has 0 aliphatic carbocycles. The number of ether oxygens (including phenoxy) is 2. The van der Waals surface area contributed by atoms with E-state index in [0.717, 1.165) is 6.07 Å². The van der Waals surface area contributed by atoms with E-state index < -0.39 is 29.0 Å². The Morgan fingerprint density at radius 2 is 1.82 bits per heavy atom. The maximum atomic E-state index is 14.1. The van der Waals surface area contributed by atoms with Gasteiger partial charge in [0, 0.05) is 0 Å². The van der Waals surface area contributed by atoms with Crippen molar-refractivity contribution in [2.24, 2.45) is 0 Å². The molecule has 1 rings (SSSR count). The molecule has 0 radical (unpaired) electrons. The highest BCUT2D eigenvalue weighted by molar-refractivity contribution is 5.86. The molecule has 122 valence electrons. The van der Waals surface area contributed by atoms with E-state index >= 15 is 0 Å². The van der Waals surface area contributed by atoms with Crippen LogP contribution in [0.1, 0.15) is 33.3 Å². The lowest BCUT2D eigenvalue weighted by Crippen LogP contribution is -2.51. The number of carbonyl (C=O) groups is 2. The first-order valence-electron chi connectivity index (χ1n) is 6.59. The van der Waals surface area contributed by atoms with Crippen LogP contribution in [0.25, 0.3) is 0 Å². The molecule has 22 heavy (non-hydrogen) atoms. The number of methoxy groups -OCH3 is 1. The summed E-state index contributed by atoms with van der Waals surface area (Å²) >= 11 is 0. The molecule has 0 aliphatic rings. The van der Waals surface area contributed by atoms with Crippen molar-refractivity contribution in [2.45, 2.75) is 38.8 Å². The maximum Gasteiger partial charge on any atom is 0.408 e. The first-order chi connectivity index (χ1) is 10.0. The Bertz CT molecular complexity index is 582. The number of benzene rings is 1. The summed E-state index contributed by atoms with van der Waals surface area (Å²) < 4.78 is 24.2. The number of aliphatic carboxylic acids is 1. The van der Waals surface area contributed by atoms with Gasteiger partial charge >= 0.3 is 12.1 Å². The molecular formula is C15H20FNO5. The van der Waals surface area contributed by atoms with Gasteiger partial charge in [-0.1, -0.05) is 6.07 Å². The molecule has 0 bridgehead atoms. The Morgan fingerprint density at radius 1 is 1.23 bits per heavy atom. The summed E-state index contributed by atoms with van der Waals surface area (Å²) in [4.78, 5) is 23.6. The molecule has 1 atom stereocenters. The quantitative estimate of drug-likeness (QED) is 0.892.